The number of carboxylic acid groups (broad SMARTS) is 1. The maximum Gasteiger partial charge on any atom is 0.323 e. The molecule has 0 aliphatic heterocycles. The quantitative estimate of drug-likeness (QED) is 0.815. The normalized spacial score (nSPS) is 10.5. The van der Waals surface area contributed by atoms with E-state index >= 15 is 0 Å². The molecule has 0 spiro atoms. The van der Waals surface area contributed by atoms with Crippen LogP contribution in [0.25, 0.3) is 0 Å². The first-order valence-corrected chi connectivity index (χ1v) is 5.24. The third-order valence-corrected chi connectivity index (χ3v) is 1.96. The Bertz CT molecular complexity index is 349. The number of aryl methyl sites for hydroxylation is 1. The van der Waals surface area contributed by atoms with E-state index in [1.54, 1.807) is 17.3 Å². The highest BCUT2D eigenvalue weighted by molar-refractivity contribution is 5.72. The Morgan fingerprint density at radius 1 is 1.44 bits per heavy atom. The van der Waals surface area contributed by atoms with E-state index in [9.17, 15) is 4.79 Å². The molecule has 0 saturated heterocycles. The third kappa shape index (κ3) is 3.84. The van der Waals surface area contributed by atoms with Gasteiger partial charge in [0, 0.05) is 18.9 Å². The van der Waals surface area contributed by atoms with E-state index in [0.717, 1.165) is 5.56 Å². The van der Waals surface area contributed by atoms with Gasteiger partial charge in [-0.3, -0.25) is 4.79 Å². The minimum absolute atomic E-state index is 0.0682. The van der Waals surface area contributed by atoms with Gasteiger partial charge in [-0.05, 0) is 18.4 Å². The lowest BCUT2D eigenvalue weighted by atomic mass is 10.2. The summed E-state index contributed by atoms with van der Waals surface area (Å²) in [6.07, 6.45) is 3.38. The number of carbonyl (C=O) groups is 1. The van der Waals surface area contributed by atoms with Crippen molar-refractivity contribution in [3.8, 4) is 0 Å². The zero-order valence-corrected chi connectivity index (χ0v) is 9.84. The molecule has 0 radical (unpaired) electrons. The number of rotatable bonds is 5. The molecule has 0 amide bonds. The fraction of sp³-hybridized carbons (Fsp3) is 0.545. The van der Waals surface area contributed by atoms with Crippen molar-refractivity contribution in [1.82, 2.24) is 9.97 Å². The molecule has 0 saturated carbocycles. The standard InChI is InChI=1S/C11H17N3O2/c1-8(2)6-14(7-10(15)16)11-12-4-9(3)5-13-11/h4-5,8H,6-7H2,1-3H3,(H,15,16). The second kappa shape index (κ2) is 5.44. The van der Waals surface area contributed by atoms with Gasteiger partial charge < -0.3 is 10.0 Å². The highest BCUT2D eigenvalue weighted by Gasteiger charge is 2.14. The van der Waals surface area contributed by atoms with Gasteiger partial charge >= 0.3 is 5.97 Å². The van der Waals surface area contributed by atoms with Gasteiger partial charge in [-0.25, -0.2) is 9.97 Å². The van der Waals surface area contributed by atoms with Gasteiger partial charge in [0.2, 0.25) is 5.95 Å². The molecule has 0 unspecified atom stereocenters. The predicted molar refractivity (Wildman–Crippen MR) is 61.5 cm³/mol. The van der Waals surface area contributed by atoms with Crippen LogP contribution < -0.4 is 4.90 Å². The average molecular weight is 223 g/mol. The molecule has 0 bridgehead atoms. The minimum Gasteiger partial charge on any atom is -0.480 e. The Labute approximate surface area is 95.1 Å². The number of aromatic nitrogens is 2. The highest BCUT2D eigenvalue weighted by Crippen LogP contribution is 2.09. The first-order chi connectivity index (χ1) is 7.49. The Kier molecular flexibility index (Phi) is 4.22. The van der Waals surface area contributed by atoms with Crippen LogP contribution in [0.4, 0.5) is 5.95 Å². The van der Waals surface area contributed by atoms with Crippen molar-refractivity contribution in [2.24, 2.45) is 5.92 Å². The minimum atomic E-state index is -0.871. The third-order valence-electron chi connectivity index (χ3n) is 1.96. The molecule has 0 fully saturated rings. The Morgan fingerprint density at radius 3 is 2.44 bits per heavy atom. The van der Waals surface area contributed by atoms with Crippen LogP contribution in [-0.4, -0.2) is 34.1 Å². The molecule has 1 aromatic rings. The number of nitrogens with zero attached hydrogens (tertiary/aromatic N) is 3. The van der Waals surface area contributed by atoms with Gasteiger partial charge in [0.15, 0.2) is 0 Å². The van der Waals surface area contributed by atoms with Crippen molar-refractivity contribution in [1.29, 1.82) is 0 Å². The molecule has 1 N–H and O–H groups in total. The molecule has 88 valence electrons. The summed E-state index contributed by atoms with van der Waals surface area (Å²) in [7, 11) is 0. The summed E-state index contributed by atoms with van der Waals surface area (Å²) < 4.78 is 0. The zero-order chi connectivity index (χ0) is 12.1. The van der Waals surface area contributed by atoms with E-state index < -0.39 is 5.97 Å². The SMILES string of the molecule is Cc1cnc(N(CC(=O)O)CC(C)C)nc1. The van der Waals surface area contributed by atoms with E-state index in [2.05, 4.69) is 9.97 Å². The monoisotopic (exact) mass is 223 g/mol. The molecule has 0 aliphatic rings. The molecule has 5 nitrogen and oxygen atoms in total. The number of hydrogen-bond donors (Lipinski definition) is 1. The highest BCUT2D eigenvalue weighted by atomic mass is 16.4. The molecule has 1 aromatic heterocycles. The second-order valence-electron chi connectivity index (χ2n) is 4.23. The fourth-order valence-electron chi connectivity index (χ4n) is 1.37. The van der Waals surface area contributed by atoms with Crippen LogP contribution >= 0.6 is 0 Å². The van der Waals surface area contributed by atoms with E-state index in [4.69, 9.17) is 5.11 Å². The van der Waals surface area contributed by atoms with Gasteiger partial charge in [-0.15, -0.1) is 0 Å². The lowest BCUT2D eigenvalue weighted by Gasteiger charge is -2.22. The lowest BCUT2D eigenvalue weighted by Crippen LogP contribution is -2.34. The fourth-order valence-corrected chi connectivity index (χ4v) is 1.37. The first kappa shape index (κ1) is 12.4. The summed E-state index contributed by atoms with van der Waals surface area (Å²) >= 11 is 0. The van der Waals surface area contributed by atoms with Crippen molar-refractivity contribution >= 4 is 11.9 Å². The van der Waals surface area contributed by atoms with E-state index in [1.165, 1.54) is 0 Å². The largest absolute Gasteiger partial charge is 0.480 e. The van der Waals surface area contributed by atoms with Crippen LogP contribution in [0, 0.1) is 12.8 Å². The molecule has 16 heavy (non-hydrogen) atoms. The van der Waals surface area contributed by atoms with Gasteiger partial charge in [0.25, 0.3) is 0 Å². The summed E-state index contributed by atoms with van der Waals surface area (Å²) in [5, 5.41) is 8.82. The van der Waals surface area contributed by atoms with Crippen molar-refractivity contribution in [3.63, 3.8) is 0 Å². The molecule has 1 rings (SSSR count). The summed E-state index contributed by atoms with van der Waals surface area (Å²) in [5.74, 6) is -0.0317. The van der Waals surface area contributed by atoms with Gasteiger partial charge in [0.05, 0.1) is 0 Å². The molecular formula is C11H17N3O2. The van der Waals surface area contributed by atoms with Crippen LogP contribution in [0.15, 0.2) is 12.4 Å². The van der Waals surface area contributed by atoms with Gasteiger partial charge in [-0.2, -0.15) is 0 Å². The van der Waals surface area contributed by atoms with E-state index in [-0.39, 0.29) is 6.54 Å². The molecular weight excluding hydrogens is 206 g/mol. The zero-order valence-electron chi connectivity index (χ0n) is 9.84. The van der Waals surface area contributed by atoms with Crippen molar-refractivity contribution in [2.45, 2.75) is 20.8 Å². The molecule has 0 aliphatic carbocycles. The Hall–Kier alpha value is -1.65. The summed E-state index contributed by atoms with van der Waals surface area (Å²) in [6.45, 7) is 6.52. The van der Waals surface area contributed by atoms with Gasteiger partial charge in [0.1, 0.15) is 6.54 Å². The number of aliphatic carboxylic acids is 1. The molecule has 0 atom stereocenters. The maximum absolute atomic E-state index is 10.7. The lowest BCUT2D eigenvalue weighted by molar-refractivity contribution is -0.135. The Balaban J connectivity index is 2.82. The maximum atomic E-state index is 10.7. The molecule has 0 aromatic carbocycles. The summed E-state index contributed by atoms with van der Waals surface area (Å²) in [5.41, 5.74) is 0.962. The van der Waals surface area contributed by atoms with Crippen molar-refractivity contribution in [3.05, 3.63) is 18.0 Å². The van der Waals surface area contributed by atoms with Crippen molar-refractivity contribution < 1.29 is 9.90 Å². The summed E-state index contributed by atoms with van der Waals surface area (Å²) in [4.78, 5) is 20.7. The number of hydrogen-bond acceptors (Lipinski definition) is 4. The van der Waals surface area contributed by atoms with Crippen LogP contribution in [0.5, 0.6) is 0 Å². The van der Waals surface area contributed by atoms with E-state index in [0.29, 0.717) is 18.4 Å². The average Bonchev–Trinajstić information content (AvgIpc) is 2.16. The predicted octanol–water partition coefficient (Wildman–Crippen LogP) is 1.33. The Morgan fingerprint density at radius 2 is 2.00 bits per heavy atom. The summed E-state index contributed by atoms with van der Waals surface area (Å²) in [6, 6.07) is 0. The number of anilines is 1. The molecule has 1 heterocycles. The molecule has 5 heteroatoms. The van der Waals surface area contributed by atoms with E-state index in [1.807, 2.05) is 20.8 Å². The topological polar surface area (TPSA) is 66.3 Å². The smallest absolute Gasteiger partial charge is 0.323 e. The van der Waals surface area contributed by atoms with Crippen LogP contribution in [0.3, 0.4) is 0 Å². The number of carboxylic acids is 1. The second-order valence-corrected chi connectivity index (χ2v) is 4.23. The van der Waals surface area contributed by atoms with Crippen molar-refractivity contribution in [2.75, 3.05) is 18.0 Å². The van der Waals surface area contributed by atoms with Crippen LogP contribution in [-0.2, 0) is 4.79 Å². The van der Waals surface area contributed by atoms with Crippen LogP contribution in [0.2, 0.25) is 0 Å². The van der Waals surface area contributed by atoms with Crippen LogP contribution in [0.1, 0.15) is 19.4 Å². The van der Waals surface area contributed by atoms with Gasteiger partial charge in [-0.1, -0.05) is 13.8 Å². The first-order valence-electron chi connectivity index (χ1n) is 5.24.